The number of aryl methyl sites for hydroxylation is 2. The van der Waals surface area contributed by atoms with Crippen molar-refractivity contribution in [1.29, 1.82) is 0 Å². The van der Waals surface area contributed by atoms with Crippen molar-refractivity contribution >= 4 is 57.2 Å². The van der Waals surface area contributed by atoms with Crippen molar-refractivity contribution in [2.45, 2.75) is 92.9 Å². The zero-order chi connectivity index (χ0) is 39.0. The Kier molecular flexibility index (Phi) is 12.4. The van der Waals surface area contributed by atoms with Gasteiger partial charge in [0.05, 0.1) is 0 Å². The van der Waals surface area contributed by atoms with E-state index < -0.39 is 0 Å². The van der Waals surface area contributed by atoms with Crippen LogP contribution in [0.3, 0.4) is 0 Å². The third-order valence-corrected chi connectivity index (χ3v) is 10.8. The van der Waals surface area contributed by atoms with Gasteiger partial charge >= 0.3 is 28.4 Å². The molecule has 2 heterocycles. The molecule has 8 rings (SSSR count). The molecule has 2 aliphatic rings. The summed E-state index contributed by atoms with van der Waals surface area (Å²) in [5.74, 6) is 1.71. The topological polar surface area (TPSA) is 23.4 Å². The van der Waals surface area contributed by atoms with Gasteiger partial charge in [0.25, 0.3) is 11.4 Å². The van der Waals surface area contributed by atoms with Gasteiger partial charge in [-0.1, -0.05) is 158 Å². The minimum Gasteiger partial charge on any atom is -0.654 e. The van der Waals surface area contributed by atoms with Crippen molar-refractivity contribution in [3.8, 4) is 0 Å². The second-order valence-corrected chi connectivity index (χ2v) is 16.1. The van der Waals surface area contributed by atoms with Gasteiger partial charge in [0.1, 0.15) is 0 Å². The van der Waals surface area contributed by atoms with E-state index in [2.05, 4.69) is 211 Å². The summed E-state index contributed by atoms with van der Waals surface area (Å²) in [5.41, 5.74) is 18.4. The maximum absolute atomic E-state index is 4.94. The first-order chi connectivity index (χ1) is 26.5. The van der Waals surface area contributed by atoms with Gasteiger partial charge in [0, 0.05) is 51.4 Å². The van der Waals surface area contributed by atoms with E-state index in [1.165, 1.54) is 56.1 Å². The number of benzene rings is 6. The Bertz CT molecular complexity index is 2230. The first-order valence-electron chi connectivity index (χ1n) is 19.9. The van der Waals surface area contributed by atoms with Crippen molar-refractivity contribution in [3.05, 3.63) is 166 Å². The second kappa shape index (κ2) is 17.0. The van der Waals surface area contributed by atoms with E-state index in [1.807, 2.05) is 6.07 Å². The van der Waals surface area contributed by atoms with Gasteiger partial charge in [-0.2, -0.15) is 0 Å². The molecule has 0 unspecified atom stereocenters. The Morgan fingerprint density at radius 3 is 1.18 bits per heavy atom. The Balaban J connectivity index is 0.000000200. The molecule has 0 spiro atoms. The van der Waals surface area contributed by atoms with Crippen LogP contribution in [-0.4, -0.2) is 6.01 Å². The number of fused-ring (bicyclic) bond motifs is 3. The quantitative estimate of drug-likeness (QED) is 0.115. The monoisotopic (exact) mass is 920 g/mol. The van der Waals surface area contributed by atoms with E-state index in [0.29, 0.717) is 23.7 Å². The van der Waals surface area contributed by atoms with Crippen molar-refractivity contribution in [2.75, 3.05) is 4.90 Å². The molecule has 4 nitrogen and oxygen atoms in total. The predicted molar refractivity (Wildman–Crippen MR) is 237 cm³/mol. The van der Waals surface area contributed by atoms with Crippen LogP contribution in [0, 0.1) is 13.8 Å². The molecule has 6 aromatic carbocycles. The smallest absolute Gasteiger partial charge is 0.654 e. The normalized spacial score (nSPS) is 12.6. The fraction of sp³-hybridized carbons (Fsp3) is 0.275. The first-order valence-corrected chi connectivity index (χ1v) is 19.9. The van der Waals surface area contributed by atoms with Crippen LogP contribution in [0.15, 0.2) is 127 Å². The molecule has 5 heteroatoms. The zero-order valence-corrected chi connectivity index (χ0v) is 36.7. The molecule has 6 aromatic rings. The van der Waals surface area contributed by atoms with Crippen LogP contribution in [0.25, 0.3) is 5.32 Å². The number of hydrogen-bond acceptors (Lipinski definition) is 1. The molecule has 0 atom stereocenters. The molecule has 0 N–H and O–H groups in total. The Hall–Kier alpha value is -4.96. The van der Waals surface area contributed by atoms with Crippen LogP contribution < -0.4 is 14.1 Å². The Morgan fingerprint density at radius 1 is 0.446 bits per heavy atom. The molecule has 0 saturated carbocycles. The number of para-hydroxylation sites is 7. The fourth-order valence-electron chi connectivity index (χ4n) is 7.97. The third-order valence-electron chi connectivity index (χ3n) is 10.8. The van der Waals surface area contributed by atoms with Gasteiger partial charge in [0.15, 0.2) is 0 Å². The molecule has 0 bridgehead atoms. The molecule has 2 aliphatic heterocycles. The average Bonchev–Trinajstić information content (AvgIpc) is 3.56. The van der Waals surface area contributed by atoms with Crippen molar-refractivity contribution in [3.63, 3.8) is 0 Å². The van der Waals surface area contributed by atoms with Crippen molar-refractivity contribution in [1.82, 2.24) is 9.15 Å². The van der Waals surface area contributed by atoms with Gasteiger partial charge in [-0.05, 0) is 70.9 Å². The van der Waals surface area contributed by atoms with E-state index in [1.54, 1.807) is 0 Å². The SMILES string of the molecule is CC(C)c1cccc(C(C)C)c1[N+]1=C=[N+](c2c(C(C)C)cccc2C(C)C)c2ccccc21.Cc1cccc2c1[N-]c1c(C)cccc1N2c1ccccc1.[Au+]. The van der Waals surface area contributed by atoms with Gasteiger partial charge in [-0.15, -0.1) is 11.4 Å². The molecule has 0 radical (unpaired) electrons. The van der Waals surface area contributed by atoms with Crippen LogP contribution in [-0.2, 0) is 22.4 Å². The fourth-order valence-corrected chi connectivity index (χ4v) is 7.97. The molecule has 0 amide bonds. The summed E-state index contributed by atoms with van der Waals surface area (Å²) < 4.78 is 4.64. The maximum atomic E-state index is 4.94. The predicted octanol–water partition coefficient (Wildman–Crippen LogP) is 15.5. The van der Waals surface area contributed by atoms with Gasteiger partial charge in [-0.25, -0.2) is 0 Å². The second-order valence-electron chi connectivity index (χ2n) is 16.1. The summed E-state index contributed by atoms with van der Waals surface area (Å²) in [4.78, 5) is 2.30. The number of rotatable bonds is 7. The van der Waals surface area contributed by atoms with Gasteiger partial charge in [0.2, 0.25) is 11.4 Å². The molecule has 0 fully saturated rings. The van der Waals surface area contributed by atoms with E-state index in [9.17, 15) is 0 Å². The number of anilines is 3. The summed E-state index contributed by atoms with van der Waals surface area (Å²) in [6.45, 7) is 22.5. The van der Waals surface area contributed by atoms with E-state index in [-0.39, 0.29) is 22.4 Å². The Morgan fingerprint density at radius 2 is 0.804 bits per heavy atom. The van der Waals surface area contributed by atoms with Crippen LogP contribution in [0.1, 0.15) is 112 Å². The largest absolute Gasteiger partial charge is 1.00 e. The Labute approximate surface area is 350 Å². The van der Waals surface area contributed by atoms with Crippen LogP contribution in [0.5, 0.6) is 0 Å². The van der Waals surface area contributed by atoms with Gasteiger partial charge < -0.3 is 10.2 Å². The number of nitrogens with zero attached hydrogens (tertiary/aromatic N) is 4. The zero-order valence-electron chi connectivity index (χ0n) is 34.5. The maximum Gasteiger partial charge on any atom is 1.00 e. The van der Waals surface area contributed by atoms with E-state index in [4.69, 9.17) is 5.32 Å². The van der Waals surface area contributed by atoms with Crippen LogP contribution in [0.2, 0.25) is 0 Å². The summed E-state index contributed by atoms with van der Waals surface area (Å²) in [6, 6.07) is 49.3. The molecule has 288 valence electrons. The molecule has 0 aliphatic carbocycles. The van der Waals surface area contributed by atoms with Crippen molar-refractivity contribution in [2.24, 2.45) is 0 Å². The molecular weight excluding hydrogens is 866 g/mol. The van der Waals surface area contributed by atoms with E-state index >= 15 is 0 Å². The minimum atomic E-state index is 0. The minimum absolute atomic E-state index is 0. The standard InChI is InChI=1S/C31H38N2.C20H17N2.Au/c1-20(2)24-13-11-14-25(21(3)4)30(24)32-19-33(29-18-10-9-17-28(29)32)31-26(22(5)6)15-12-16-27(31)23(7)8;1-14-8-6-12-17-19(14)21-20-15(2)9-7-13-18(20)22(17)16-10-4-3-5-11-16;/h9-18,20-23H,1-8H3;3-13H,1-2H3;/q+2;-1;+1. The van der Waals surface area contributed by atoms with E-state index in [0.717, 1.165) is 28.4 Å². The summed E-state index contributed by atoms with van der Waals surface area (Å²) in [7, 11) is 0. The van der Waals surface area contributed by atoms with Crippen molar-refractivity contribution < 1.29 is 22.4 Å². The molecular formula is C51H55AuN4+2. The summed E-state index contributed by atoms with van der Waals surface area (Å²) in [5, 5.41) is 4.94. The average molecular weight is 921 g/mol. The number of hydrogen-bond donors (Lipinski definition) is 0. The molecule has 0 saturated heterocycles. The van der Waals surface area contributed by atoms with Crippen LogP contribution in [0.4, 0.5) is 51.2 Å². The molecule has 56 heavy (non-hydrogen) atoms. The molecule has 0 aromatic heterocycles. The first kappa shape index (κ1) is 40.7. The van der Waals surface area contributed by atoms with Gasteiger partial charge in [-0.3, -0.25) is 0 Å². The van der Waals surface area contributed by atoms with Crippen LogP contribution >= 0.6 is 0 Å². The summed E-state index contributed by atoms with van der Waals surface area (Å²) in [6.07, 6.45) is 0. The summed E-state index contributed by atoms with van der Waals surface area (Å²) >= 11 is 0. The third kappa shape index (κ3) is 7.60.